The number of nitrogens with two attached hydrogens (primary N) is 1. The van der Waals surface area contributed by atoms with Gasteiger partial charge in [-0.25, -0.2) is 4.79 Å². The quantitative estimate of drug-likeness (QED) is 0.562. The highest BCUT2D eigenvalue weighted by Crippen LogP contribution is 2.47. The Morgan fingerprint density at radius 2 is 1.79 bits per heavy atom. The van der Waals surface area contributed by atoms with Gasteiger partial charge in [0.25, 0.3) is 0 Å². The Morgan fingerprint density at radius 1 is 1.18 bits per heavy atom. The highest BCUT2D eigenvalue weighted by Gasteiger charge is 2.56. The Bertz CT molecular complexity index is 848. The van der Waals surface area contributed by atoms with E-state index < -0.39 is 29.5 Å². The Labute approximate surface area is 170 Å². The molecule has 0 radical (unpaired) electrons. The van der Waals surface area contributed by atoms with E-state index in [-0.39, 0.29) is 18.8 Å². The van der Waals surface area contributed by atoms with Crippen LogP contribution in [-0.4, -0.2) is 42.8 Å². The molecule has 0 aliphatic carbocycles. The standard InChI is InChI=1S/C20H24N4O3.ClH/c1-22-15(12-17(21)25)18(13-8-4-3-5-9-13)20(19(26)27)23-14-10-6-7-11-16(14)24(20)2;/h3-11,15,18,22-23H,12H2,1-2H3,(H2,21,25)(H,26,27);1H. The maximum atomic E-state index is 12.7. The number of nitrogens with zero attached hydrogens (tertiary/aromatic N) is 1. The van der Waals surface area contributed by atoms with E-state index in [4.69, 9.17) is 5.73 Å². The molecular formula is C20H25ClN4O3. The summed E-state index contributed by atoms with van der Waals surface area (Å²) in [6.07, 6.45) is 0.0109. The smallest absolute Gasteiger partial charge is 0.351 e. The molecule has 28 heavy (non-hydrogen) atoms. The number of amides is 1. The first-order chi connectivity index (χ1) is 12.9. The van der Waals surface area contributed by atoms with Crippen LogP contribution in [0.5, 0.6) is 0 Å². The number of aliphatic carboxylic acids is 1. The Kier molecular flexibility index (Phi) is 6.53. The minimum absolute atomic E-state index is 0. The first kappa shape index (κ1) is 21.5. The van der Waals surface area contributed by atoms with Crippen LogP contribution in [0.2, 0.25) is 0 Å². The molecule has 1 amide bonds. The van der Waals surface area contributed by atoms with E-state index >= 15 is 0 Å². The van der Waals surface area contributed by atoms with Crippen LogP contribution in [0.15, 0.2) is 54.6 Å². The van der Waals surface area contributed by atoms with Crippen molar-refractivity contribution in [2.24, 2.45) is 5.73 Å². The van der Waals surface area contributed by atoms with E-state index in [9.17, 15) is 14.7 Å². The third-order valence-corrected chi connectivity index (χ3v) is 5.25. The molecule has 8 heteroatoms. The maximum Gasteiger partial charge on any atom is 0.351 e. The Hall–Kier alpha value is -2.77. The fraction of sp³-hybridized carbons (Fsp3) is 0.300. The third-order valence-electron chi connectivity index (χ3n) is 5.25. The van der Waals surface area contributed by atoms with Gasteiger partial charge in [-0.1, -0.05) is 42.5 Å². The Balaban J connectivity index is 0.00000280. The largest absolute Gasteiger partial charge is 0.478 e. The summed E-state index contributed by atoms with van der Waals surface area (Å²) in [4.78, 5) is 26.1. The van der Waals surface area contributed by atoms with E-state index in [1.54, 1.807) is 19.0 Å². The summed E-state index contributed by atoms with van der Waals surface area (Å²) in [6.45, 7) is 0. The lowest BCUT2D eigenvalue weighted by molar-refractivity contribution is -0.143. The minimum Gasteiger partial charge on any atom is -0.478 e. The van der Waals surface area contributed by atoms with Gasteiger partial charge in [0.2, 0.25) is 11.6 Å². The monoisotopic (exact) mass is 404 g/mol. The first-order valence-corrected chi connectivity index (χ1v) is 8.76. The molecule has 7 nitrogen and oxygen atoms in total. The lowest BCUT2D eigenvalue weighted by Crippen LogP contribution is -2.64. The van der Waals surface area contributed by atoms with Gasteiger partial charge in [-0.15, -0.1) is 12.4 Å². The highest BCUT2D eigenvalue weighted by atomic mass is 35.5. The van der Waals surface area contributed by atoms with Crippen LogP contribution in [0.1, 0.15) is 17.9 Å². The molecule has 0 saturated heterocycles. The second kappa shape index (κ2) is 8.50. The van der Waals surface area contributed by atoms with Crippen molar-refractivity contribution in [3.05, 3.63) is 60.2 Å². The van der Waals surface area contributed by atoms with Gasteiger partial charge in [-0.05, 0) is 24.7 Å². The third kappa shape index (κ3) is 3.50. The van der Waals surface area contributed by atoms with Crippen LogP contribution < -0.4 is 21.3 Å². The van der Waals surface area contributed by atoms with E-state index in [1.807, 2.05) is 54.6 Å². The molecule has 5 N–H and O–H groups in total. The number of likely N-dealkylation sites (N-methyl/N-ethyl adjacent to an activating group) is 2. The summed E-state index contributed by atoms with van der Waals surface area (Å²) in [5.41, 5.74) is 6.30. The Morgan fingerprint density at radius 3 is 2.32 bits per heavy atom. The fourth-order valence-electron chi connectivity index (χ4n) is 4.00. The number of fused-ring (bicyclic) bond motifs is 1. The zero-order valence-corrected chi connectivity index (χ0v) is 16.6. The lowest BCUT2D eigenvalue weighted by Gasteiger charge is -2.43. The molecule has 2 aromatic carbocycles. The van der Waals surface area contributed by atoms with Crippen molar-refractivity contribution < 1.29 is 14.7 Å². The second-order valence-electron chi connectivity index (χ2n) is 6.73. The van der Waals surface area contributed by atoms with Crippen molar-refractivity contribution in [3.63, 3.8) is 0 Å². The van der Waals surface area contributed by atoms with E-state index in [0.717, 1.165) is 16.9 Å². The number of carbonyl (C=O) groups is 2. The van der Waals surface area contributed by atoms with Crippen LogP contribution in [-0.2, 0) is 9.59 Å². The van der Waals surface area contributed by atoms with Crippen LogP contribution in [0.4, 0.5) is 11.4 Å². The summed E-state index contributed by atoms with van der Waals surface area (Å²) in [5, 5.41) is 16.7. The predicted molar refractivity (Wildman–Crippen MR) is 112 cm³/mol. The zero-order valence-electron chi connectivity index (χ0n) is 15.8. The number of benzene rings is 2. The van der Waals surface area contributed by atoms with Gasteiger partial charge in [-0.2, -0.15) is 0 Å². The molecule has 0 fully saturated rings. The number of anilines is 2. The molecule has 1 aliphatic rings. The van der Waals surface area contributed by atoms with Crippen molar-refractivity contribution in [2.75, 3.05) is 24.3 Å². The molecule has 0 bridgehead atoms. The van der Waals surface area contributed by atoms with Crippen LogP contribution in [0.3, 0.4) is 0 Å². The van der Waals surface area contributed by atoms with E-state index in [0.29, 0.717) is 0 Å². The van der Waals surface area contributed by atoms with Crippen molar-refractivity contribution >= 4 is 35.7 Å². The number of carboxylic acid groups (broad SMARTS) is 1. The minimum atomic E-state index is -1.48. The van der Waals surface area contributed by atoms with Gasteiger partial charge in [0.05, 0.1) is 17.3 Å². The molecule has 0 saturated carbocycles. The number of rotatable bonds is 7. The normalized spacial score (nSPS) is 19.7. The SMILES string of the molecule is CNC(CC(N)=O)C(c1ccccc1)C1(C(=O)O)Nc2ccccc2N1C.Cl. The van der Waals surface area contributed by atoms with Crippen LogP contribution >= 0.6 is 12.4 Å². The van der Waals surface area contributed by atoms with Gasteiger partial charge in [-0.3, -0.25) is 4.79 Å². The number of halogens is 1. The summed E-state index contributed by atoms with van der Waals surface area (Å²) in [7, 11) is 3.46. The number of primary amides is 1. The number of hydrogen-bond donors (Lipinski definition) is 4. The van der Waals surface area contributed by atoms with Gasteiger partial charge >= 0.3 is 5.97 Å². The highest BCUT2D eigenvalue weighted by molar-refractivity contribution is 5.95. The number of carbonyl (C=O) groups excluding carboxylic acids is 1. The number of hydrogen-bond acceptors (Lipinski definition) is 5. The number of nitrogens with one attached hydrogen (secondary N) is 2. The average Bonchev–Trinajstić information content (AvgIpc) is 2.96. The van der Waals surface area contributed by atoms with Crippen molar-refractivity contribution in [2.45, 2.75) is 24.0 Å². The molecular weight excluding hydrogens is 380 g/mol. The summed E-state index contributed by atoms with van der Waals surface area (Å²) >= 11 is 0. The van der Waals surface area contributed by atoms with Gasteiger partial charge < -0.3 is 26.4 Å². The molecule has 1 aliphatic heterocycles. The molecule has 2 aromatic rings. The van der Waals surface area contributed by atoms with Gasteiger partial charge in [0.1, 0.15) is 0 Å². The first-order valence-electron chi connectivity index (χ1n) is 8.76. The second-order valence-corrected chi connectivity index (χ2v) is 6.73. The number of para-hydroxylation sites is 2. The maximum absolute atomic E-state index is 12.7. The predicted octanol–water partition coefficient (Wildman–Crippen LogP) is 2.00. The summed E-state index contributed by atoms with van der Waals surface area (Å²) in [6, 6.07) is 16.3. The topological polar surface area (TPSA) is 108 Å². The van der Waals surface area contributed by atoms with Crippen molar-refractivity contribution in [3.8, 4) is 0 Å². The molecule has 0 spiro atoms. The molecule has 1 heterocycles. The van der Waals surface area contributed by atoms with Crippen molar-refractivity contribution in [1.82, 2.24) is 5.32 Å². The van der Waals surface area contributed by atoms with Gasteiger partial charge in [0.15, 0.2) is 0 Å². The molecule has 3 rings (SSSR count). The average molecular weight is 405 g/mol. The molecule has 0 aromatic heterocycles. The number of carboxylic acids is 1. The molecule has 3 unspecified atom stereocenters. The van der Waals surface area contributed by atoms with Crippen LogP contribution in [0, 0.1) is 0 Å². The fourth-order valence-corrected chi connectivity index (χ4v) is 4.00. The van der Waals surface area contributed by atoms with Crippen LogP contribution in [0.25, 0.3) is 0 Å². The van der Waals surface area contributed by atoms with E-state index in [2.05, 4.69) is 10.6 Å². The molecule has 150 valence electrons. The lowest BCUT2D eigenvalue weighted by atomic mass is 9.78. The van der Waals surface area contributed by atoms with E-state index in [1.165, 1.54) is 0 Å². The van der Waals surface area contributed by atoms with Gasteiger partial charge in [0, 0.05) is 19.5 Å². The zero-order chi connectivity index (χ0) is 19.6. The summed E-state index contributed by atoms with van der Waals surface area (Å²) < 4.78 is 0. The van der Waals surface area contributed by atoms with Crippen molar-refractivity contribution in [1.29, 1.82) is 0 Å². The summed E-state index contributed by atoms with van der Waals surface area (Å²) in [5.74, 6) is -2.11. The molecule has 3 atom stereocenters.